The summed E-state index contributed by atoms with van der Waals surface area (Å²) >= 11 is 0. The molecule has 4 aromatic rings. The number of likely N-dealkylation sites (N-methyl/N-ethyl adjacent to an activating group) is 2. The quantitative estimate of drug-likeness (QED) is 0.135. The number of ether oxygens (including phenoxy) is 3. The number of hydrogen-bond acceptors (Lipinski definition) is 12. The number of benzene rings is 1. The molecule has 1 atom stereocenters. The van der Waals surface area contributed by atoms with Crippen molar-refractivity contribution in [1.29, 1.82) is 0 Å². The molecule has 0 spiro atoms. The summed E-state index contributed by atoms with van der Waals surface area (Å²) in [6.07, 6.45) is 0.536. The molecule has 0 saturated carbocycles. The standard InChI is InChI=1S/C33H35N7O10/c1-6-20-21-12-19(50-32(44)37(4)11-10-36(3)31(43)49-16-18-14-34-30(38(18)5)40(46)47)8-9-25(21)35-27-22(20)15-39-26(27)13-24-23(28(39)41)17-48-29(42)33(24,45)7-2/h8-9,12-14,45H,6-7,10-11,15-17H2,1-5H3/t33-/m0/s1. The number of aromatic nitrogens is 4. The molecule has 0 aliphatic carbocycles. The van der Waals surface area contributed by atoms with Crippen LogP contribution in [0.3, 0.4) is 0 Å². The number of imidazole rings is 1. The summed E-state index contributed by atoms with van der Waals surface area (Å²) in [5, 5.41) is 22.9. The lowest BCUT2D eigenvalue weighted by Crippen LogP contribution is -2.44. The second kappa shape index (κ2) is 12.9. The zero-order valence-corrected chi connectivity index (χ0v) is 28.1. The highest BCUT2D eigenvalue weighted by atomic mass is 16.6. The predicted octanol–water partition coefficient (Wildman–Crippen LogP) is 2.98. The van der Waals surface area contributed by atoms with Gasteiger partial charge in [0.1, 0.15) is 18.6 Å². The van der Waals surface area contributed by atoms with Crippen LogP contribution >= 0.6 is 0 Å². The Hall–Kier alpha value is -5.84. The Morgan fingerprint density at radius 1 is 1.12 bits per heavy atom. The number of pyridine rings is 2. The van der Waals surface area contributed by atoms with Crippen LogP contribution in [0.5, 0.6) is 5.75 Å². The van der Waals surface area contributed by atoms with Gasteiger partial charge in [0, 0.05) is 43.7 Å². The van der Waals surface area contributed by atoms with Gasteiger partial charge in [0.15, 0.2) is 17.9 Å². The Labute approximate surface area is 284 Å². The summed E-state index contributed by atoms with van der Waals surface area (Å²) in [4.78, 5) is 73.0. The van der Waals surface area contributed by atoms with Crippen molar-refractivity contribution in [3.63, 3.8) is 0 Å². The first-order valence-electron chi connectivity index (χ1n) is 15.9. The number of aryl methyl sites for hydroxylation is 1. The maximum Gasteiger partial charge on any atom is 0.434 e. The first-order valence-corrected chi connectivity index (χ1v) is 15.9. The van der Waals surface area contributed by atoms with Gasteiger partial charge in [-0.2, -0.15) is 0 Å². The molecule has 6 rings (SSSR count). The fourth-order valence-electron chi connectivity index (χ4n) is 6.25. The Morgan fingerprint density at radius 3 is 2.50 bits per heavy atom. The van der Waals surface area contributed by atoms with E-state index in [1.165, 1.54) is 41.7 Å². The predicted molar refractivity (Wildman–Crippen MR) is 175 cm³/mol. The molecule has 262 valence electrons. The molecule has 1 aromatic carbocycles. The summed E-state index contributed by atoms with van der Waals surface area (Å²) in [7, 11) is 4.46. The van der Waals surface area contributed by atoms with Crippen LogP contribution in [-0.2, 0) is 53.1 Å². The highest BCUT2D eigenvalue weighted by Gasteiger charge is 2.45. The van der Waals surface area contributed by atoms with E-state index >= 15 is 0 Å². The van der Waals surface area contributed by atoms with Crippen LogP contribution in [-0.4, -0.2) is 84.3 Å². The monoisotopic (exact) mass is 689 g/mol. The molecule has 0 unspecified atom stereocenters. The number of fused-ring (bicyclic) bond motifs is 5. The third kappa shape index (κ3) is 5.68. The van der Waals surface area contributed by atoms with Crippen molar-refractivity contribution < 1.29 is 38.6 Å². The third-order valence-corrected chi connectivity index (χ3v) is 9.30. The van der Waals surface area contributed by atoms with Crippen molar-refractivity contribution in [3.05, 3.63) is 78.9 Å². The molecule has 0 bridgehead atoms. The first kappa shape index (κ1) is 34.0. The highest BCUT2D eigenvalue weighted by Crippen LogP contribution is 2.40. The van der Waals surface area contributed by atoms with E-state index < -0.39 is 28.7 Å². The van der Waals surface area contributed by atoms with Crippen molar-refractivity contribution >= 4 is 35.0 Å². The molecule has 0 fully saturated rings. The van der Waals surface area contributed by atoms with Gasteiger partial charge in [-0.3, -0.25) is 4.79 Å². The highest BCUT2D eigenvalue weighted by molar-refractivity contribution is 5.90. The van der Waals surface area contributed by atoms with Crippen LogP contribution in [0.2, 0.25) is 0 Å². The van der Waals surface area contributed by atoms with Crippen molar-refractivity contribution in [1.82, 2.24) is 28.9 Å². The Kier molecular flexibility index (Phi) is 8.77. The van der Waals surface area contributed by atoms with Crippen LogP contribution in [0.15, 0.2) is 35.3 Å². The van der Waals surface area contributed by atoms with Crippen molar-refractivity contribution in [2.45, 2.75) is 52.0 Å². The normalized spacial score (nSPS) is 15.9. The molecule has 2 aliphatic rings. The Balaban J connectivity index is 1.15. The molecule has 1 N–H and O–H groups in total. The molecule has 50 heavy (non-hydrogen) atoms. The third-order valence-electron chi connectivity index (χ3n) is 9.30. The largest absolute Gasteiger partial charge is 0.458 e. The van der Waals surface area contributed by atoms with Gasteiger partial charge in [-0.25, -0.2) is 23.9 Å². The first-order chi connectivity index (χ1) is 23.8. The maximum absolute atomic E-state index is 13.6. The number of rotatable bonds is 9. The fraction of sp³-hybridized carbons (Fsp3) is 0.394. The minimum absolute atomic E-state index is 0.0443. The lowest BCUT2D eigenvalue weighted by molar-refractivity contribution is -0.396. The number of cyclic esters (lactones) is 1. The lowest BCUT2D eigenvalue weighted by Gasteiger charge is -2.31. The van der Waals surface area contributed by atoms with Crippen molar-refractivity contribution in [2.24, 2.45) is 7.05 Å². The minimum Gasteiger partial charge on any atom is -0.458 e. The van der Waals surface area contributed by atoms with Crippen LogP contribution in [0.25, 0.3) is 22.3 Å². The van der Waals surface area contributed by atoms with Crippen molar-refractivity contribution in [2.75, 3.05) is 27.2 Å². The van der Waals surface area contributed by atoms with E-state index in [1.54, 1.807) is 35.8 Å². The second-order valence-electron chi connectivity index (χ2n) is 12.2. The van der Waals surface area contributed by atoms with E-state index in [0.29, 0.717) is 29.0 Å². The van der Waals surface area contributed by atoms with E-state index in [-0.39, 0.29) is 67.7 Å². The van der Waals surface area contributed by atoms with Crippen molar-refractivity contribution in [3.8, 4) is 17.1 Å². The molecule has 17 nitrogen and oxygen atoms in total. The average Bonchev–Trinajstić information content (AvgIpc) is 3.66. The molecule has 2 aliphatic heterocycles. The molecular formula is C33H35N7O10. The van der Waals surface area contributed by atoms with Gasteiger partial charge in [0.2, 0.25) is 0 Å². The van der Waals surface area contributed by atoms with Gasteiger partial charge >= 0.3 is 24.1 Å². The minimum atomic E-state index is -1.92. The topological polar surface area (TPSA) is 201 Å². The number of esters is 1. The molecule has 2 amide bonds. The Morgan fingerprint density at radius 2 is 1.84 bits per heavy atom. The van der Waals surface area contributed by atoms with Crippen LogP contribution in [0.4, 0.5) is 15.5 Å². The SMILES string of the molecule is CCc1c2c(nc3ccc(OC(=O)N(C)CCN(C)C(=O)OCc4cnc([N+](=O)[O-])n4C)cc13)-c1cc3c(c(=O)n1C2)COC(=O)[C@]3(O)CC. The van der Waals surface area contributed by atoms with Gasteiger partial charge in [-0.15, -0.1) is 0 Å². The average molecular weight is 690 g/mol. The molecular weight excluding hydrogens is 654 g/mol. The summed E-state index contributed by atoms with van der Waals surface area (Å²) in [5.74, 6) is -0.883. The van der Waals surface area contributed by atoms with Crippen LogP contribution in [0.1, 0.15) is 48.2 Å². The number of amides is 2. The van der Waals surface area contributed by atoms with E-state index in [1.807, 2.05) is 6.92 Å². The zero-order valence-electron chi connectivity index (χ0n) is 28.1. The molecule has 0 radical (unpaired) electrons. The number of hydrogen-bond donors (Lipinski definition) is 1. The van der Waals surface area contributed by atoms with E-state index in [2.05, 4.69) is 4.98 Å². The summed E-state index contributed by atoms with van der Waals surface area (Å²) in [5.41, 5.74) is 1.99. The fourth-order valence-corrected chi connectivity index (χ4v) is 6.25. The number of aliphatic hydroxyl groups is 1. The van der Waals surface area contributed by atoms with E-state index in [4.69, 9.17) is 19.2 Å². The number of carbonyl (C=O) groups excluding carboxylic acids is 3. The van der Waals surface area contributed by atoms with Gasteiger partial charge in [0.25, 0.3) is 5.56 Å². The van der Waals surface area contributed by atoms with E-state index in [0.717, 1.165) is 16.5 Å². The number of nitro groups is 1. The van der Waals surface area contributed by atoms with Gasteiger partial charge in [-0.05, 0) is 47.6 Å². The molecule has 17 heteroatoms. The smallest absolute Gasteiger partial charge is 0.434 e. The maximum atomic E-state index is 13.6. The summed E-state index contributed by atoms with van der Waals surface area (Å²) < 4.78 is 18.9. The summed E-state index contributed by atoms with van der Waals surface area (Å²) in [6, 6.07) is 6.72. The molecule has 3 aromatic heterocycles. The van der Waals surface area contributed by atoms with E-state index in [9.17, 15) is 34.4 Å². The van der Waals surface area contributed by atoms with Gasteiger partial charge in [0.05, 0.1) is 36.1 Å². The Bertz CT molecular complexity index is 2140. The van der Waals surface area contributed by atoms with Gasteiger partial charge in [-0.1, -0.05) is 18.8 Å². The van der Waals surface area contributed by atoms with Gasteiger partial charge < -0.3 is 43.8 Å². The number of carbonyl (C=O) groups is 3. The lowest BCUT2D eigenvalue weighted by atomic mass is 9.86. The van der Waals surface area contributed by atoms with Crippen LogP contribution in [0, 0.1) is 10.1 Å². The molecule has 5 heterocycles. The molecule has 0 saturated heterocycles. The van der Waals surface area contributed by atoms with Crippen LogP contribution < -0.4 is 10.3 Å². The summed E-state index contributed by atoms with van der Waals surface area (Å²) in [6.45, 7) is 3.66. The number of nitrogens with zero attached hydrogens (tertiary/aromatic N) is 7. The second-order valence-corrected chi connectivity index (χ2v) is 12.2. The zero-order chi connectivity index (χ0) is 36.1.